The third kappa shape index (κ3) is 4.20. The van der Waals surface area contributed by atoms with Crippen molar-refractivity contribution in [3.8, 4) is 0 Å². The summed E-state index contributed by atoms with van der Waals surface area (Å²) < 4.78 is 0. The molecule has 0 spiro atoms. The van der Waals surface area contributed by atoms with Gasteiger partial charge in [-0.1, -0.05) is 25.7 Å². The number of rotatable bonds is 3. The summed E-state index contributed by atoms with van der Waals surface area (Å²) in [7, 11) is 0. The van der Waals surface area contributed by atoms with Crippen molar-refractivity contribution in [1.82, 2.24) is 5.32 Å². The molecular weight excluding hydrogens is 188 g/mol. The number of nitrogens with one attached hydrogen (secondary N) is 1. The summed E-state index contributed by atoms with van der Waals surface area (Å²) in [6.07, 6.45) is 7.05. The van der Waals surface area contributed by atoms with Crippen LogP contribution in [0.5, 0.6) is 0 Å². The molecule has 1 fully saturated rings. The lowest BCUT2D eigenvalue weighted by atomic mass is 9.97. The summed E-state index contributed by atoms with van der Waals surface area (Å²) in [4.78, 5) is 12.0. The highest BCUT2D eigenvalue weighted by atomic mass is 16.2. The molecule has 0 aromatic heterocycles. The minimum Gasteiger partial charge on any atom is -0.350 e. The van der Waals surface area contributed by atoms with Crippen molar-refractivity contribution in [2.24, 2.45) is 11.7 Å². The molecular formula is C12H24N2O. The first-order valence-electron chi connectivity index (χ1n) is 6.07. The maximum absolute atomic E-state index is 12.0. The fraction of sp³-hybridized carbons (Fsp3) is 0.917. The fourth-order valence-electron chi connectivity index (χ4n) is 2.03. The molecule has 0 heterocycles. The van der Waals surface area contributed by atoms with Crippen LogP contribution in [0.15, 0.2) is 0 Å². The minimum atomic E-state index is -0.261. The Labute approximate surface area is 92.8 Å². The average molecular weight is 212 g/mol. The van der Waals surface area contributed by atoms with Crippen LogP contribution in [0.4, 0.5) is 0 Å². The summed E-state index contributed by atoms with van der Waals surface area (Å²) in [5.41, 5.74) is 5.34. The highest BCUT2D eigenvalue weighted by Crippen LogP contribution is 2.23. The van der Waals surface area contributed by atoms with Gasteiger partial charge in [-0.15, -0.1) is 0 Å². The van der Waals surface area contributed by atoms with E-state index in [-0.39, 0.29) is 17.4 Å². The van der Waals surface area contributed by atoms with Crippen molar-refractivity contribution >= 4 is 5.91 Å². The maximum Gasteiger partial charge on any atom is 0.223 e. The Morgan fingerprint density at radius 2 is 1.80 bits per heavy atom. The van der Waals surface area contributed by atoms with E-state index in [0.717, 1.165) is 12.8 Å². The first kappa shape index (κ1) is 12.5. The van der Waals surface area contributed by atoms with E-state index in [1.807, 2.05) is 13.8 Å². The van der Waals surface area contributed by atoms with Gasteiger partial charge in [0.05, 0.1) is 0 Å². The molecule has 0 aromatic rings. The van der Waals surface area contributed by atoms with E-state index < -0.39 is 0 Å². The Morgan fingerprint density at radius 1 is 1.27 bits per heavy atom. The Hall–Kier alpha value is -0.570. The molecule has 0 aromatic carbocycles. The molecule has 1 amide bonds. The average Bonchev–Trinajstić information content (AvgIpc) is 2.45. The zero-order valence-electron chi connectivity index (χ0n) is 10.0. The van der Waals surface area contributed by atoms with Crippen LogP contribution >= 0.6 is 0 Å². The van der Waals surface area contributed by atoms with Gasteiger partial charge in [-0.2, -0.15) is 0 Å². The monoisotopic (exact) mass is 212 g/mol. The Kier molecular flexibility index (Phi) is 4.58. The summed E-state index contributed by atoms with van der Waals surface area (Å²) >= 11 is 0. The third-order valence-electron chi connectivity index (χ3n) is 3.20. The number of hydrogen-bond donors (Lipinski definition) is 2. The predicted molar refractivity (Wildman–Crippen MR) is 62.5 cm³/mol. The van der Waals surface area contributed by atoms with Gasteiger partial charge in [-0.25, -0.2) is 0 Å². The molecule has 0 saturated heterocycles. The van der Waals surface area contributed by atoms with Gasteiger partial charge in [-0.3, -0.25) is 4.79 Å². The number of hydrogen-bond acceptors (Lipinski definition) is 2. The zero-order chi connectivity index (χ0) is 11.3. The maximum atomic E-state index is 12.0. The molecule has 0 bridgehead atoms. The van der Waals surface area contributed by atoms with Crippen LogP contribution in [0.25, 0.3) is 0 Å². The molecule has 1 aliphatic rings. The second kappa shape index (κ2) is 5.50. The van der Waals surface area contributed by atoms with Gasteiger partial charge < -0.3 is 11.1 Å². The topological polar surface area (TPSA) is 55.1 Å². The lowest BCUT2D eigenvalue weighted by Gasteiger charge is -2.27. The van der Waals surface area contributed by atoms with Crippen molar-refractivity contribution in [1.29, 1.82) is 0 Å². The molecule has 1 rings (SSSR count). The Morgan fingerprint density at radius 3 is 2.27 bits per heavy atom. The highest BCUT2D eigenvalue weighted by Gasteiger charge is 2.25. The van der Waals surface area contributed by atoms with Crippen molar-refractivity contribution < 1.29 is 4.79 Å². The summed E-state index contributed by atoms with van der Waals surface area (Å²) in [6, 6.07) is 0. The van der Waals surface area contributed by atoms with E-state index in [1.165, 1.54) is 25.7 Å². The quantitative estimate of drug-likeness (QED) is 0.701. The summed E-state index contributed by atoms with van der Waals surface area (Å²) in [5.74, 6) is 0.422. The minimum absolute atomic E-state index is 0.201. The molecule has 3 heteroatoms. The second-order valence-electron chi connectivity index (χ2n) is 5.27. The molecule has 0 unspecified atom stereocenters. The van der Waals surface area contributed by atoms with E-state index >= 15 is 0 Å². The molecule has 0 atom stereocenters. The van der Waals surface area contributed by atoms with Crippen LogP contribution < -0.4 is 11.1 Å². The normalized spacial score (nSPS) is 19.7. The van der Waals surface area contributed by atoms with E-state index in [2.05, 4.69) is 5.32 Å². The van der Waals surface area contributed by atoms with Crippen LogP contribution in [-0.4, -0.2) is 18.0 Å². The van der Waals surface area contributed by atoms with Crippen molar-refractivity contribution in [2.45, 2.75) is 57.9 Å². The van der Waals surface area contributed by atoms with Crippen LogP contribution in [0.1, 0.15) is 52.4 Å². The fourth-order valence-corrected chi connectivity index (χ4v) is 2.03. The summed E-state index contributed by atoms with van der Waals surface area (Å²) in [6.45, 7) is 4.44. The van der Waals surface area contributed by atoms with Gasteiger partial charge in [0.15, 0.2) is 0 Å². The van der Waals surface area contributed by atoms with Gasteiger partial charge in [0.25, 0.3) is 0 Å². The van der Waals surface area contributed by atoms with E-state index in [4.69, 9.17) is 5.73 Å². The van der Waals surface area contributed by atoms with Gasteiger partial charge in [-0.05, 0) is 26.7 Å². The molecule has 3 N–H and O–H groups in total. The molecule has 88 valence electrons. The van der Waals surface area contributed by atoms with Gasteiger partial charge in [0.2, 0.25) is 5.91 Å². The highest BCUT2D eigenvalue weighted by molar-refractivity contribution is 5.79. The third-order valence-corrected chi connectivity index (χ3v) is 3.20. The molecule has 15 heavy (non-hydrogen) atoms. The first-order valence-corrected chi connectivity index (χ1v) is 6.07. The molecule has 1 aliphatic carbocycles. The zero-order valence-corrected chi connectivity index (χ0v) is 10.0. The van der Waals surface area contributed by atoms with Crippen molar-refractivity contribution in [3.05, 3.63) is 0 Å². The molecule has 1 saturated carbocycles. The van der Waals surface area contributed by atoms with E-state index in [9.17, 15) is 4.79 Å². The van der Waals surface area contributed by atoms with Crippen LogP contribution in [0.3, 0.4) is 0 Å². The lowest BCUT2D eigenvalue weighted by molar-refractivity contribution is -0.126. The van der Waals surface area contributed by atoms with Crippen molar-refractivity contribution in [3.63, 3.8) is 0 Å². The number of carbonyl (C=O) groups is 1. The van der Waals surface area contributed by atoms with E-state index in [0.29, 0.717) is 6.54 Å². The van der Waals surface area contributed by atoms with Gasteiger partial charge in [0.1, 0.15) is 0 Å². The molecule has 0 radical (unpaired) electrons. The number of amides is 1. The first-order chi connectivity index (χ1) is 7.05. The number of carbonyl (C=O) groups excluding carboxylic acids is 1. The predicted octanol–water partition coefficient (Wildman–Crippen LogP) is 1.81. The van der Waals surface area contributed by atoms with Crippen LogP contribution in [-0.2, 0) is 4.79 Å². The SMILES string of the molecule is CC(C)(CN)NC(=O)C1CCCCCC1. The van der Waals surface area contributed by atoms with Gasteiger partial charge >= 0.3 is 0 Å². The molecule has 3 nitrogen and oxygen atoms in total. The van der Waals surface area contributed by atoms with Crippen molar-refractivity contribution in [2.75, 3.05) is 6.54 Å². The van der Waals surface area contributed by atoms with Gasteiger partial charge in [0, 0.05) is 18.0 Å². The molecule has 0 aliphatic heterocycles. The second-order valence-corrected chi connectivity index (χ2v) is 5.27. The largest absolute Gasteiger partial charge is 0.350 e. The summed E-state index contributed by atoms with van der Waals surface area (Å²) in [5, 5.41) is 3.04. The number of nitrogens with two attached hydrogens (primary N) is 1. The lowest BCUT2D eigenvalue weighted by Crippen LogP contribution is -2.50. The smallest absolute Gasteiger partial charge is 0.223 e. The van der Waals surface area contributed by atoms with E-state index in [1.54, 1.807) is 0 Å². The van der Waals surface area contributed by atoms with Crippen LogP contribution in [0.2, 0.25) is 0 Å². The Balaban J connectivity index is 2.44. The van der Waals surface area contributed by atoms with Crippen LogP contribution in [0, 0.1) is 5.92 Å². The standard InChI is InChI=1S/C12H24N2O/c1-12(2,9-13)14-11(15)10-7-5-3-4-6-8-10/h10H,3-9,13H2,1-2H3,(H,14,15). The Bertz CT molecular complexity index is 206.